The van der Waals surface area contributed by atoms with Crippen LogP contribution in [0.15, 0.2) is 52.2 Å². The lowest BCUT2D eigenvalue weighted by Gasteiger charge is -2.55. The van der Waals surface area contributed by atoms with Crippen LogP contribution in [-0.4, -0.2) is 33.3 Å². The summed E-state index contributed by atoms with van der Waals surface area (Å²) < 4.78 is 0. The molecule has 1 aromatic heterocycles. The molecule has 3 atom stereocenters. The van der Waals surface area contributed by atoms with Gasteiger partial charge in [0.1, 0.15) is 11.5 Å². The Morgan fingerprint density at radius 3 is 2.68 bits per heavy atom. The average Bonchev–Trinajstić information content (AvgIpc) is 2.88. The largest absolute Gasteiger partial charge is 0.507 e. The van der Waals surface area contributed by atoms with Gasteiger partial charge in [-0.1, -0.05) is 36.8 Å². The predicted molar refractivity (Wildman–Crippen MR) is 142 cm³/mol. The number of ketones is 1. The molecule has 2 saturated carbocycles. The van der Waals surface area contributed by atoms with Crippen molar-refractivity contribution in [3.63, 3.8) is 0 Å². The third kappa shape index (κ3) is 4.08. The van der Waals surface area contributed by atoms with Crippen molar-refractivity contribution in [2.45, 2.75) is 56.8 Å². The number of amides is 1. The molecule has 0 spiro atoms. The molecule has 8 nitrogen and oxygen atoms in total. The Bertz CT molecular complexity index is 1540. The lowest BCUT2D eigenvalue weighted by atomic mass is 9.48. The zero-order valence-electron chi connectivity index (χ0n) is 21.1. The van der Waals surface area contributed by atoms with Gasteiger partial charge in [0.05, 0.1) is 11.1 Å². The first-order valence-corrected chi connectivity index (χ1v) is 13.4. The average molecular weight is 514 g/mol. The Morgan fingerprint density at radius 2 is 1.89 bits per heavy atom. The molecule has 3 aromatic rings. The number of Topliss-reactive ketones (excluding diaryl/α,β-unsaturated/α-hetero) is 1. The minimum absolute atomic E-state index is 0.0514. The van der Waals surface area contributed by atoms with E-state index >= 15 is 0 Å². The maximum Gasteiger partial charge on any atom is 0.325 e. The quantitative estimate of drug-likeness (QED) is 0.415. The number of aromatic nitrogens is 2. The predicted octanol–water partition coefficient (Wildman–Crippen LogP) is 3.37. The highest BCUT2D eigenvalue weighted by atomic mass is 16.3. The van der Waals surface area contributed by atoms with Crippen LogP contribution < -0.4 is 16.6 Å². The van der Waals surface area contributed by atoms with E-state index in [1.54, 1.807) is 18.2 Å². The van der Waals surface area contributed by atoms with E-state index in [1.807, 2.05) is 18.2 Å². The van der Waals surface area contributed by atoms with Crippen LogP contribution in [0.25, 0.3) is 11.1 Å². The Labute approximate surface area is 219 Å². The molecule has 2 aromatic carbocycles. The summed E-state index contributed by atoms with van der Waals surface area (Å²) in [5, 5.41) is 14.3. The number of carbonyl (C=O) groups is 2. The fourth-order valence-corrected chi connectivity index (χ4v) is 7.36. The van der Waals surface area contributed by atoms with E-state index in [-0.39, 0.29) is 28.4 Å². The van der Waals surface area contributed by atoms with E-state index < -0.39 is 11.2 Å². The minimum atomic E-state index is -0.550. The van der Waals surface area contributed by atoms with E-state index in [1.165, 1.54) is 12.6 Å². The van der Waals surface area contributed by atoms with Gasteiger partial charge in [-0.3, -0.25) is 19.4 Å². The first-order valence-electron chi connectivity index (χ1n) is 13.4. The third-order valence-corrected chi connectivity index (χ3v) is 9.00. The molecule has 1 amide bonds. The van der Waals surface area contributed by atoms with Gasteiger partial charge in [-0.2, -0.15) is 0 Å². The van der Waals surface area contributed by atoms with Gasteiger partial charge in [-0.05, 0) is 66.7 Å². The van der Waals surface area contributed by atoms with E-state index in [9.17, 15) is 24.3 Å². The van der Waals surface area contributed by atoms with Crippen molar-refractivity contribution in [2.75, 3.05) is 6.54 Å². The number of carbonyl (C=O) groups excluding carboxylic acids is 2. The molecule has 196 valence electrons. The molecule has 8 heteroatoms. The number of aromatic hydroxyl groups is 1. The molecular formula is C30H31N3O5. The second-order valence-electron chi connectivity index (χ2n) is 11.1. The van der Waals surface area contributed by atoms with Gasteiger partial charge in [-0.15, -0.1) is 0 Å². The summed E-state index contributed by atoms with van der Waals surface area (Å²) in [6.45, 7) is 0.377. The zero-order chi connectivity index (χ0) is 26.4. The second kappa shape index (κ2) is 9.42. The SMILES string of the molecule is O=C1CCC2[C@@H]3CCC[C@@]2(C1)c1c(ccc(C(=O)NCCc2ccc(-c4c[nH]c(=O)[nH]c4=O)cc2)c1O)C3. The second-order valence-corrected chi connectivity index (χ2v) is 11.1. The number of phenols is 1. The fourth-order valence-electron chi connectivity index (χ4n) is 7.36. The first-order chi connectivity index (χ1) is 18.4. The Kier molecular flexibility index (Phi) is 6.05. The van der Waals surface area contributed by atoms with Gasteiger partial charge in [0.15, 0.2) is 0 Å². The summed E-state index contributed by atoms with van der Waals surface area (Å²) in [5.74, 6) is 0.947. The van der Waals surface area contributed by atoms with Gasteiger partial charge in [0.2, 0.25) is 0 Å². The number of hydrogen-bond acceptors (Lipinski definition) is 5. The van der Waals surface area contributed by atoms with Crippen LogP contribution in [0, 0.1) is 11.8 Å². The standard InChI is InChI=1S/C30H31N3O5/c34-21-8-10-24-19-2-1-12-30(24,15-21)25-20(14-19)7-9-22(26(25)35)27(36)31-13-11-17-3-5-18(6-4-17)23-16-32-29(38)33-28(23)37/h3-7,9,16,19,24,35H,1-2,8,10-15H2,(H,31,36)(H2,32,33,37,38)/t19-,24?,30+/m1/s1. The number of phenolic OH excluding ortho intramolecular Hbond substituents is 1. The molecule has 0 saturated heterocycles. The molecule has 3 aliphatic rings. The Hall–Kier alpha value is -3.94. The summed E-state index contributed by atoms with van der Waals surface area (Å²) in [5.41, 5.74) is 2.91. The number of hydrogen-bond donors (Lipinski definition) is 4. The molecule has 1 unspecified atom stereocenters. The van der Waals surface area contributed by atoms with Crippen molar-refractivity contribution in [1.29, 1.82) is 0 Å². The van der Waals surface area contributed by atoms with E-state index in [0.717, 1.165) is 42.4 Å². The smallest absolute Gasteiger partial charge is 0.325 e. The first kappa shape index (κ1) is 24.4. The monoisotopic (exact) mass is 513 g/mol. The van der Waals surface area contributed by atoms with E-state index in [2.05, 4.69) is 15.3 Å². The van der Waals surface area contributed by atoms with Gasteiger partial charge >= 0.3 is 5.69 Å². The van der Waals surface area contributed by atoms with Gasteiger partial charge in [0, 0.05) is 36.6 Å². The van der Waals surface area contributed by atoms with Crippen LogP contribution in [0.3, 0.4) is 0 Å². The minimum Gasteiger partial charge on any atom is -0.507 e. The summed E-state index contributed by atoms with van der Waals surface area (Å²) >= 11 is 0. The summed E-state index contributed by atoms with van der Waals surface area (Å²) in [4.78, 5) is 53.7. The molecule has 38 heavy (non-hydrogen) atoms. The Morgan fingerprint density at radius 1 is 1.08 bits per heavy atom. The molecule has 6 rings (SSSR count). The van der Waals surface area contributed by atoms with Crippen LogP contribution in [0.1, 0.15) is 65.6 Å². The lowest BCUT2D eigenvalue weighted by Crippen LogP contribution is -2.51. The number of H-pyrrole nitrogens is 2. The highest BCUT2D eigenvalue weighted by molar-refractivity contribution is 5.97. The number of fused-ring (bicyclic) bond motifs is 1. The summed E-state index contributed by atoms with van der Waals surface area (Å²) in [6.07, 6.45) is 7.97. The van der Waals surface area contributed by atoms with Gasteiger partial charge < -0.3 is 15.4 Å². The molecule has 1 heterocycles. The number of benzene rings is 2. The molecule has 2 fully saturated rings. The van der Waals surface area contributed by atoms with Crippen molar-refractivity contribution in [1.82, 2.24) is 15.3 Å². The van der Waals surface area contributed by atoms with Crippen molar-refractivity contribution in [3.05, 3.63) is 85.7 Å². The maximum atomic E-state index is 13.1. The van der Waals surface area contributed by atoms with Gasteiger partial charge in [-0.25, -0.2) is 4.79 Å². The normalized spacial score (nSPS) is 23.8. The lowest BCUT2D eigenvalue weighted by molar-refractivity contribution is -0.125. The van der Waals surface area contributed by atoms with Crippen LogP contribution in [0.2, 0.25) is 0 Å². The molecule has 0 aliphatic heterocycles. The zero-order valence-corrected chi connectivity index (χ0v) is 21.1. The van der Waals surface area contributed by atoms with Crippen molar-refractivity contribution in [3.8, 4) is 16.9 Å². The molecule has 3 aliphatic carbocycles. The third-order valence-electron chi connectivity index (χ3n) is 9.00. The highest BCUT2D eigenvalue weighted by Gasteiger charge is 2.54. The van der Waals surface area contributed by atoms with Crippen LogP contribution >= 0.6 is 0 Å². The highest BCUT2D eigenvalue weighted by Crippen LogP contribution is 2.60. The molecule has 2 bridgehead atoms. The maximum absolute atomic E-state index is 13.1. The molecular weight excluding hydrogens is 482 g/mol. The number of nitrogens with one attached hydrogen (secondary N) is 3. The van der Waals surface area contributed by atoms with Crippen LogP contribution in [0.5, 0.6) is 5.75 Å². The summed E-state index contributed by atoms with van der Waals surface area (Å²) in [7, 11) is 0. The Balaban J connectivity index is 1.17. The van der Waals surface area contributed by atoms with E-state index in [0.29, 0.717) is 48.8 Å². The molecule has 0 radical (unpaired) electrons. The van der Waals surface area contributed by atoms with Crippen LogP contribution in [-0.2, 0) is 23.1 Å². The topological polar surface area (TPSA) is 132 Å². The van der Waals surface area contributed by atoms with Crippen molar-refractivity contribution >= 4 is 11.7 Å². The van der Waals surface area contributed by atoms with Crippen molar-refractivity contribution < 1.29 is 14.7 Å². The van der Waals surface area contributed by atoms with Crippen molar-refractivity contribution in [2.24, 2.45) is 11.8 Å². The van der Waals surface area contributed by atoms with Crippen LogP contribution in [0.4, 0.5) is 0 Å². The van der Waals surface area contributed by atoms with Gasteiger partial charge in [0.25, 0.3) is 11.5 Å². The molecule has 4 N–H and O–H groups in total. The number of aromatic amines is 2. The number of rotatable bonds is 5. The van der Waals surface area contributed by atoms with E-state index in [4.69, 9.17) is 0 Å². The fraction of sp³-hybridized carbons (Fsp3) is 0.400. The summed E-state index contributed by atoms with van der Waals surface area (Å²) in [6, 6.07) is 11.1.